The van der Waals surface area contributed by atoms with Crippen LogP contribution in [-0.2, 0) is 87.7 Å². The van der Waals surface area contributed by atoms with Gasteiger partial charge in [-0.25, -0.2) is 65.7 Å². The molecule has 6 amide bonds. The Kier molecular flexibility index (Phi) is 49.2. The van der Waals surface area contributed by atoms with Gasteiger partial charge in [0, 0.05) is 152 Å². The molecule has 2 aromatic heterocycles. The minimum absolute atomic E-state index is 0.0661. The van der Waals surface area contributed by atoms with Gasteiger partial charge in [0.1, 0.15) is 6.04 Å². The Bertz CT molecular complexity index is 5770. The number of carbonyl (C=O) groups is 6. The zero-order valence-corrected chi connectivity index (χ0v) is 97.0. The van der Waals surface area contributed by atoms with E-state index in [1.807, 2.05) is 120 Å². The Morgan fingerprint density at radius 2 is 0.752 bits per heavy atom. The molecule has 2 aliphatic heterocycles. The number of carbonyl (C=O) groups excluding carboxylic acids is 6. The fraction of sp³-hybridized carbons (Fsp3) is 0.594. The summed E-state index contributed by atoms with van der Waals surface area (Å²) < 4.78 is 141. The van der Waals surface area contributed by atoms with Crippen LogP contribution in [0.1, 0.15) is 260 Å². The predicted octanol–water partition coefficient (Wildman–Crippen LogP) is 17.3. The van der Waals surface area contributed by atoms with E-state index < -0.39 is 90.5 Å². The van der Waals surface area contributed by atoms with E-state index in [1.54, 1.807) is 122 Å². The molecule has 145 heavy (non-hydrogen) atoms. The van der Waals surface area contributed by atoms with Crippen LogP contribution in [-0.4, -0.2) is 205 Å². The average Bonchev–Trinajstić information content (AvgIpc) is 1.62. The second kappa shape index (κ2) is 56.2. The maximum absolute atomic E-state index is 12.5. The molecule has 1 fully saturated rings. The highest BCUT2D eigenvalue weighted by Gasteiger charge is 2.40. The van der Waals surface area contributed by atoms with E-state index in [9.17, 15) is 70.9 Å². The molecule has 16 N–H and O–H groups in total. The van der Waals surface area contributed by atoms with Crippen molar-refractivity contribution in [3.8, 4) is 0 Å². The molecule has 2 aliphatic rings. The molecular formula is C101H168N18O18S6Si2. The van der Waals surface area contributed by atoms with E-state index >= 15 is 0 Å². The number of unbranched alkanes of at least 4 members (excludes halogenated alkanes) is 5. The van der Waals surface area contributed by atoms with Gasteiger partial charge in [-0.2, -0.15) is 9.93 Å². The third-order valence-electron chi connectivity index (χ3n) is 24.9. The first-order valence-corrected chi connectivity index (χ1v) is 63.8. The van der Waals surface area contributed by atoms with Crippen LogP contribution in [0.25, 0.3) is 27.5 Å². The SMILES string of the molecule is CC(C)(C)S(=O)(=O)NCCCCC(=O)Nc1ccc(C2=CSNN2)cc1.CC(C)(C)S(=O)(=O)NCCCCC(=O)Nc1ccc(N2CCC[C@H]2C(N)=O)cc1.CC(C)(C)S(=O)(=O)NCCCCC(=O)Nc1ccc2[nH]ccc2c1.CC(C)(C)S(=O)(=O)NCCCCC(=O)Nc1ccc2[nH]ncc2c1.CC(C)(C)[Si](C)(C)OCCN(CCO[Si](C)(C)C(C)(C)C)c1ccc(NC(=O)CCCCNS(=O)(=O)C(C)(C)C)cc1. The molecule has 814 valence electrons. The lowest BCUT2D eigenvalue weighted by Gasteiger charge is -2.38. The molecule has 9 rings (SSSR count). The van der Waals surface area contributed by atoms with Crippen LogP contribution in [0, 0.1) is 0 Å². The molecule has 0 radical (unpaired) electrons. The highest BCUT2D eigenvalue weighted by molar-refractivity contribution is 8.00. The van der Waals surface area contributed by atoms with Crippen molar-refractivity contribution in [1.82, 2.24) is 49.0 Å². The molecular weight excluding hydrogens is 2000 g/mol. The summed E-state index contributed by atoms with van der Waals surface area (Å²) in [5, 5.41) is 25.4. The van der Waals surface area contributed by atoms with Crippen molar-refractivity contribution in [1.29, 1.82) is 0 Å². The van der Waals surface area contributed by atoms with Gasteiger partial charge in [0.2, 0.25) is 85.6 Å². The standard InChI is InChI=1S/C31H61N3O5SSi2.C20H32N4O4S.C17H26N4O3S2.C17H25N3O3S.C16H24N4O3S/c1-29(2,3)40(36,37)32-21-15-14-16-28(35)33-26-17-19-27(20-18-26)34(22-24-38-41(10,11)30(4,5)6)23-25-39-42(12,13)31(7,8)9;1-20(2,3)29(27,28)22-13-5-4-8-18(25)23-15-9-11-16(12-10-15)24-14-6-7-17(24)19(21)26;1-17(2,3)26(23,24)18-11-5-4-6-16(22)19-14-9-7-13(8-10-14)15-12-25-21-20-15;1-17(2,3)24(22,23)19-10-5-4-6-16(21)20-14-7-8-15-13(12-14)9-11-18-15;1-16(2,3)24(22,23)18-9-5-4-6-15(21)19-13-7-8-14-12(10-13)11-17-20-14/h17-20,32H,14-16,21-25H2,1-13H3,(H,33,35);9-12,17,22H,4-8,13-14H2,1-3H3,(H2,21,26)(H,23,25);7-10,12,18,20-21H,4-6,11H2,1-3H3,(H,19,22);7-9,11-12,18-19H,4-6,10H2,1-3H3,(H,20,21);7-8,10-11,18H,4-6,9H2,1-3H3,(H,17,20)(H,19,21)/t;17-;;;/m.0.../s1. The number of sulfonamides is 5. The number of primary amides is 1. The van der Waals surface area contributed by atoms with Crippen LogP contribution < -0.4 is 76.0 Å². The number of amides is 6. The number of nitrogens with zero attached hydrogens (tertiary/aromatic N) is 3. The number of fused-ring (bicyclic) bond motifs is 2. The highest BCUT2D eigenvalue weighted by Crippen LogP contribution is 2.39. The molecule has 0 unspecified atom stereocenters. The Labute approximate surface area is 870 Å². The first-order chi connectivity index (χ1) is 67.0. The van der Waals surface area contributed by atoms with Crippen LogP contribution in [0.4, 0.5) is 39.8 Å². The highest BCUT2D eigenvalue weighted by atomic mass is 32.2. The van der Waals surface area contributed by atoms with E-state index in [-0.39, 0.29) is 51.6 Å². The Morgan fingerprint density at radius 3 is 1.08 bits per heavy atom. The first-order valence-electron chi connectivity index (χ1n) is 49.7. The Balaban J connectivity index is 0.000000324. The molecule has 44 heteroatoms. The second-order valence-corrected chi connectivity index (χ2v) is 66.9. The maximum Gasteiger partial charge on any atom is 0.240 e. The van der Waals surface area contributed by atoms with E-state index in [4.69, 9.17) is 14.6 Å². The van der Waals surface area contributed by atoms with Gasteiger partial charge in [0.15, 0.2) is 16.6 Å². The van der Waals surface area contributed by atoms with E-state index in [0.29, 0.717) is 148 Å². The number of aromatic nitrogens is 3. The van der Waals surface area contributed by atoms with Crippen LogP contribution >= 0.6 is 11.9 Å². The van der Waals surface area contributed by atoms with E-state index in [1.165, 1.54) is 11.9 Å². The zero-order valence-electron chi connectivity index (χ0n) is 90.1. The largest absolute Gasteiger partial charge is 0.415 e. The fourth-order valence-corrected chi connectivity index (χ4v) is 19.8. The number of nitrogens with two attached hydrogens (primary N) is 1. The van der Waals surface area contributed by atoms with Crippen LogP contribution in [0.3, 0.4) is 0 Å². The summed E-state index contributed by atoms with van der Waals surface area (Å²) in [7, 11) is -20.4. The van der Waals surface area contributed by atoms with Crippen molar-refractivity contribution in [2.24, 2.45) is 5.73 Å². The van der Waals surface area contributed by atoms with Crippen molar-refractivity contribution >= 4 is 181 Å². The van der Waals surface area contributed by atoms with Crippen molar-refractivity contribution in [2.45, 2.75) is 321 Å². The molecule has 0 saturated carbocycles. The Hall–Kier alpha value is -8.72. The normalized spacial score (nSPS) is 14.2. The number of aromatic amines is 2. The van der Waals surface area contributed by atoms with Crippen molar-refractivity contribution in [3.63, 3.8) is 0 Å². The monoisotopic (exact) mass is 2170 g/mol. The number of hydrogen-bond acceptors (Lipinski definition) is 24. The summed E-state index contributed by atoms with van der Waals surface area (Å²) in [6.45, 7) is 52.8. The number of hydrazine groups is 1. The summed E-state index contributed by atoms with van der Waals surface area (Å²) in [6.07, 6.45) is 13.1. The minimum Gasteiger partial charge on any atom is -0.415 e. The molecule has 36 nitrogen and oxygen atoms in total. The lowest BCUT2D eigenvalue weighted by Crippen LogP contribution is -2.44. The number of H-pyrrole nitrogens is 2. The summed E-state index contributed by atoms with van der Waals surface area (Å²) >= 11 is 1.47. The van der Waals surface area contributed by atoms with Gasteiger partial charge in [-0.15, -0.1) is 0 Å². The smallest absolute Gasteiger partial charge is 0.240 e. The van der Waals surface area contributed by atoms with Crippen molar-refractivity contribution in [2.75, 3.05) is 102 Å². The van der Waals surface area contributed by atoms with E-state index in [2.05, 4.69) is 148 Å². The maximum atomic E-state index is 12.5. The average molecular weight is 2170 g/mol. The minimum atomic E-state index is -3.36. The number of hydrogen-bond donors (Lipinski definition) is 15. The van der Waals surface area contributed by atoms with Gasteiger partial charge < -0.3 is 61.4 Å². The van der Waals surface area contributed by atoms with Gasteiger partial charge in [0.25, 0.3) is 0 Å². The quantitative estimate of drug-likeness (QED) is 0.00957. The summed E-state index contributed by atoms with van der Waals surface area (Å²) in [4.78, 5) is 82.3. The van der Waals surface area contributed by atoms with Crippen LogP contribution in [0.5, 0.6) is 0 Å². The fourth-order valence-electron chi connectivity index (χ4n) is 13.0. The Morgan fingerprint density at radius 1 is 0.428 bits per heavy atom. The molecule has 0 aliphatic carbocycles. The second-order valence-electron chi connectivity index (χ2n) is 44.0. The van der Waals surface area contributed by atoms with E-state index in [0.717, 1.165) is 99.7 Å². The lowest BCUT2D eigenvalue weighted by molar-refractivity contribution is -0.119. The van der Waals surface area contributed by atoms with Crippen LogP contribution in [0.15, 0.2) is 133 Å². The summed E-state index contributed by atoms with van der Waals surface area (Å²) in [6, 6.07) is 35.8. The van der Waals surface area contributed by atoms with Gasteiger partial charge >= 0.3 is 0 Å². The first kappa shape index (κ1) is 127. The van der Waals surface area contributed by atoms with Gasteiger partial charge in [0.05, 0.1) is 54.4 Å². The lowest BCUT2D eigenvalue weighted by atomic mass is 10.1. The van der Waals surface area contributed by atoms with Gasteiger partial charge in [-0.05, 0) is 338 Å². The molecule has 5 aromatic carbocycles. The van der Waals surface area contributed by atoms with Gasteiger partial charge in [-0.1, -0.05) is 53.7 Å². The van der Waals surface area contributed by atoms with Gasteiger partial charge in [-0.3, -0.25) is 33.9 Å². The number of nitrogens with one attached hydrogen (secondary N) is 14. The van der Waals surface area contributed by atoms with Crippen molar-refractivity contribution in [3.05, 3.63) is 139 Å². The molecule has 1 saturated heterocycles. The molecule has 7 aromatic rings. The summed E-state index contributed by atoms with van der Waals surface area (Å²) in [5.74, 6) is -0.743. The van der Waals surface area contributed by atoms with Crippen molar-refractivity contribution < 1.29 is 79.7 Å². The third-order valence-corrected chi connectivity index (χ3v) is 45.6. The number of benzene rings is 5. The third kappa shape index (κ3) is 43.8. The predicted molar refractivity (Wildman–Crippen MR) is 599 cm³/mol. The number of anilines is 7. The summed E-state index contributed by atoms with van der Waals surface area (Å²) in [5.41, 5.74) is 18.1. The number of rotatable bonds is 47. The molecule has 0 spiro atoms. The molecule has 4 heterocycles. The topological polar surface area (TPSA) is 513 Å². The molecule has 1 atom stereocenters. The van der Waals surface area contributed by atoms with Crippen LogP contribution in [0.2, 0.25) is 36.3 Å². The zero-order chi connectivity index (χ0) is 109. The molecule has 0 bridgehead atoms.